The summed E-state index contributed by atoms with van der Waals surface area (Å²) in [7, 11) is 0. The van der Waals surface area contributed by atoms with Crippen LogP contribution in [-0.4, -0.2) is 10.8 Å². The van der Waals surface area contributed by atoms with Gasteiger partial charge in [-0.05, 0) is 30.7 Å². The highest BCUT2D eigenvalue weighted by molar-refractivity contribution is 7.78. The third-order valence-corrected chi connectivity index (χ3v) is 4.37. The van der Waals surface area contributed by atoms with E-state index in [9.17, 15) is 4.21 Å². The molecule has 146 valence electrons. The third-order valence-electron chi connectivity index (χ3n) is 3.76. The van der Waals surface area contributed by atoms with Gasteiger partial charge in [0.05, 0.1) is 25.4 Å². The lowest BCUT2D eigenvalue weighted by Crippen LogP contribution is -2.27. The first kappa shape index (κ1) is 21.2. The Bertz CT molecular complexity index is 876. The van der Waals surface area contributed by atoms with E-state index in [2.05, 4.69) is 26.9 Å². The molecule has 0 aliphatic heterocycles. The van der Waals surface area contributed by atoms with Crippen molar-refractivity contribution in [1.29, 1.82) is 0 Å². The molecule has 0 radical (unpaired) electrons. The first-order valence-electron chi connectivity index (χ1n) is 8.90. The summed E-state index contributed by atoms with van der Waals surface area (Å²) in [5, 5.41) is 0. The van der Waals surface area contributed by atoms with Crippen LogP contribution in [0.2, 0.25) is 0 Å². The summed E-state index contributed by atoms with van der Waals surface area (Å²) in [6.45, 7) is 17.1. The van der Waals surface area contributed by atoms with Gasteiger partial charge in [0.25, 0.3) is 0 Å². The number of benzene rings is 2. The lowest BCUT2D eigenvalue weighted by molar-refractivity contribution is 0.306. The molecule has 7 nitrogen and oxygen atoms in total. The van der Waals surface area contributed by atoms with E-state index in [0.717, 1.165) is 25.7 Å². The Hall–Kier alpha value is -3.07. The Labute approximate surface area is 168 Å². The second-order valence-electron chi connectivity index (χ2n) is 5.83. The molecule has 1 atom stereocenters. The molecule has 0 aliphatic rings. The number of rotatable bonds is 11. The van der Waals surface area contributed by atoms with Crippen LogP contribution in [0.1, 0.15) is 32.6 Å². The molecule has 0 bridgehead atoms. The van der Waals surface area contributed by atoms with Gasteiger partial charge in [-0.1, -0.05) is 44.4 Å². The monoisotopic (exact) mass is 398 g/mol. The molecule has 0 spiro atoms. The summed E-state index contributed by atoms with van der Waals surface area (Å²) in [6.07, 6.45) is 4.21. The molecule has 0 aliphatic carbocycles. The maximum atomic E-state index is 12.1. The molecule has 2 aromatic rings. The molecule has 8 heteroatoms. The van der Waals surface area contributed by atoms with Crippen molar-refractivity contribution in [2.24, 2.45) is 0 Å². The predicted octanol–water partition coefficient (Wildman–Crippen LogP) is 5.32. The highest BCUT2D eigenvalue weighted by Gasteiger charge is 2.12. The normalized spacial score (nSPS) is 11.1. The summed E-state index contributed by atoms with van der Waals surface area (Å²) in [5.74, 6) is 0.867. The van der Waals surface area contributed by atoms with Crippen molar-refractivity contribution in [2.45, 2.75) is 32.6 Å². The second-order valence-corrected chi connectivity index (χ2v) is 6.67. The zero-order valence-electron chi connectivity index (χ0n) is 15.6. The molecule has 0 heterocycles. The molecule has 0 saturated carbocycles. The molecule has 0 aromatic heterocycles. The fraction of sp³-hybridized carbons (Fsp3) is 0.300. The van der Waals surface area contributed by atoms with Crippen molar-refractivity contribution >= 4 is 28.3 Å². The fourth-order valence-electron chi connectivity index (χ4n) is 2.35. The number of hydrogen-bond acceptors (Lipinski definition) is 4. The van der Waals surface area contributed by atoms with E-state index in [-0.39, 0.29) is 11.4 Å². The van der Waals surface area contributed by atoms with Gasteiger partial charge in [0.15, 0.2) is 11.4 Å². The van der Waals surface area contributed by atoms with Crippen LogP contribution in [0.5, 0.6) is 11.5 Å². The van der Waals surface area contributed by atoms with Crippen molar-refractivity contribution in [3.63, 3.8) is 0 Å². The molecule has 0 fully saturated rings. The van der Waals surface area contributed by atoms with E-state index in [1.165, 1.54) is 12.1 Å². The minimum absolute atomic E-state index is 0.187. The Morgan fingerprint density at radius 2 is 1.75 bits per heavy atom. The van der Waals surface area contributed by atoms with Gasteiger partial charge in [-0.2, -0.15) is 4.21 Å². The number of nitrogens with zero attached hydrogens (tertiary/aromatic N) is 2. The largest absolute Gasteiger partial charge is 0.493 e. The molecular weight excluding hydrogens is 376 g/mol. The van der Waals surface area contributed by atoms with E-state index in [1.807, 2.05) is 6.07 Å². The zero-order valence-corrected chi connectivity index (χ0v) is 16.4. The van der Waals surface area contributed by atoms with Gasteiger partial charge >= 0.3 is 11.3 Å². The fourth-order valence-corrected chi connectivity index (χ4v) is 2.87. The topological polar surface area (TPSA) is 68.3 Å². The summed E-state index contributed by atoms with van der Waals surface area (Å²) >= 11 is -1.86. The van der Waals surface area contributed by atoms with Crippen LogP contribution in [0.15, 0.2) is 42.5 Å². The quantitative estimate of drug-likeness (QED) is 0.305. The predicted molar refractivity (Wildman–Crippen MR) is 111 cm³/mol. The van der Waals surface area contributed by atoms with Gasteiger partial charge in [0, 0.05) is 0 Å². The van der Waals surface area contributed by atoms with Gasteiger partial charge in [-0.25, -0.2) is 4.85 Å². The van der Waals surface area contributed by atoms with Gasteiger partial charge in [0.1, 0.15) is 11.5 Å². The third kappa shape index (κ3) is 6.58. The first-order valence-corrected chi connectivity index (χ1v) is 9.98. The summed E-state index contributed by atoms with van der Waals surface area (Å²) in [4.78, 5) is 9.27. The summed E-state index contributed by atoms with van der Waals surface area (Å²) < 4.78 is 23.1. The standard InChI is InChI=1S/C20H22N4O3S/c1-4-5-6-10-13-26-20-15-18(22-3)17(21-2)14-19(20)23-24-28(25)27-16-11-8-7-9-12-16/h7-9,11-12,14-15,23-24H,4-6,10,13H2,1H3. The first-order chi connectivity index (χ1) is 13.7. The highest BCUT2D eigenvalue weighted by atomic mass is 32.2. The Kier molecular flexibility index (Phi) is 8.80. The van der Waals surface area contributed by atoms with Gasteiger partial charge in [0.2, 0.25) is 0 Å². The average Bonchev–Trinajstić information content (AvgIpc) is 2.72. The second kappa shape index (κ2) is 11.6. The number of hydrogen-bond donors (Lipinski definition) is 2. The number of anilines is 1. The smallest absolute Gasteiger partial charge is 0.306 e. The van der Waals surface area contributed by atoms with Crippen molar-refractivity contribution in [1.82, 2.24) is 4.83 Å². The number of ether oxygens (including phenoxy) is 1. The van der Waals surface area contributed by atoms with Crippen LogP contribution in [0.25, 0.3) is 9.69 Å². The number of nitrogens with one attached hydrogen (secondary N) is 2. The Morgan fingerprint density at radius 1 is 1.04 bits per heavy atom. The van der Waals surface area contributed by atoms with E-state index in [0.29, 0.717) is 23.8 Å². The van der Waals surface area contributed by atoms with Gasteiger partial charge in [-0.15, -0.1) is 4.83 Å². The SMILES string of the molecule is [C-]#[N+]c1cc(NNS(=O)Oc2ccccc2)c(OCCCCCC)cc1[N+]#[C-]. The van der Waals surface area contributed by atoms with Gasteiger partial charge in [-0.3, -0.25) is 4.85 Å². The van der Waals surface area contributed by atoms with Crippen molar-refractivity contribution in [3.8, 4) is 11.5 Å². The van der Waals surface area contributed by atoms with E-state index < -0.39 is 11.3 Å². The maximum Gasteiger partial charge on any atom is 0.306 e. The van der Waals surface area contributed by atoms with Crippen molar-refractivity contribution < 1.29 is 13.1 Å². The molecule has 1 unspecified atom stereocenters. The Morgan fingerprint density at radius 3 is 2.43 bits per heavy atom. The van der Waals surface area contributed by atoms with Crippen LogP contribution < -0.4 is 19.2 Å². The highest BCUT2D eigenvalue weighted by Crippen LogP contribution is 2.38. The molecular formula is C20H22N4O3S. The maximum absolute atomic E-state index is 12.1. The number of para-hydroxylation sites is 1. The van der Waals surface area contributed by atoms with Crippen LogP contribution in [0.4, 0.5) is 17.1 Å². The molecule has 0 amide bonds. The van der Waals surface area contributed by atoms with E-state index in [4.69, 9.17) is 22.1 Å². The lowest BCUT2D eigenvalue weighted by Gasteiger charge is -2.15. The van der Waals surface area contributed by atoms with Crippen LogP contribution >= 0.6 is 0 Å². The number of unbranched alkanes of at least 4 members (excludes halogenated alkanes) is 3. The summed E-state index contributed by atoms with van der Waals surface area (Å²) in [6, 6.07) is 11.8. The molecule has 28 heavy (non-hydrogen) atoms. The van der Waals surface area contributed by atoms with E-state index in [1.54, 1.807) is 24.3 Å². The van der Waals surface area contributed by atoms with Crippen molar-refractivity contribution in [3.05, 3.63) is 65.3 Å². The Balaban J connectivity index is 2.06. The lowest BCUT2D eigenvalue weighted by atomic mass is 10.2. The molecule has 2 aromatic carbocycles. The average molecular weight is 398 g/mol. The van der Waals surface area contributed by atoms with E-state index >= 15 is 0 Å². The molecule has 0 saturated heterocycles. The zero-order chi connectivity index (χ0) is 20.2. The van der Waals surface area contributed by atoms with Gasteiger partial charge < -0.3 is 14.3 Å². The molecule has 2 N–H and O–H groups in total. The number of hydrazine groups is 1. The molecule has 2 rings (SSSR count). The minimum Gasteiger partial charge on any atom is -0.493 e. The van der Waals surface area contributed by atoms with Crippen LogP contribution in [0, 0.1) is 13.1 Å². The van der Waals surface area contributed by atoms with Crippen LogP contribution in [-0.2, 0) is 11.3 Å². The van der Waals surface area contributed by atoms with Crippen LogP contribution in [0.3, 0.4) is 0 Å². The van der Waals surface area contributed by atoms with Crippen molar-refractivity contribution in [2.75, 3.05) is 12.0 Å². The summed E-state index contributed by atoms with van der Waals surface area (Å²) in [5.41, 5.74) is 3.58. The minimum atomic E-state index is -1.86.